The lowest BCUT2D eigenvalue weighted by molar-refractivity contribution is 0.294. The molecule has 1 saturated heterocycles. The third-order valence-electron chi connectivity index (χ3n) is 3.78. The molecular weight excluding hydrogens is 331 g/mol. The molecule has 0 unspecified atom stereocenters. The average Bonchev–Trinajstić information content (AvgIpc) is 2.48. The predicted octanol–water partition coefficient (Wildman–Crippen LogP) is 3.00. The number of halogens is 2. The zero-order chi connectivity index (χ0) is 15.5. The number of hydrogen-bond donors (Lipinski definition) is 1. The number of piperidine rings is 1. The Labute approximate surface area is 136 Å². The van der Waals surface area contributed by atoms with Crippen molar-refractivity contribution in [2.75, 3.05) is 26.2 Å². The summed E-state index contributed by atoms with van der Waals surface area (Å²) < 4.78 is 27.1. The Morgan fingerprint density at radius 3 is 2.57 bits per heavy atom. The molecule has 1 aromatic rings. The molecule has 1 aliphatic heterocycles. The van der Waals surface area contributed by atoms with Crippen LogP contribution in [-0.2, 0) is 10.0 Å². The average molecular weight is 351 g/mol. The van der Waals surface area contributed by atoms with E-state index in [0.717, 1.165) is 25.9 Å². The van der Waals surface area contributed by atoms with Crippen LogP contribution in [-0.4, -0.2) is 38.9 Å². The molecule has 2 rings (SSSR count). The van der Waals surface area contributed by atoms with Gasteiger partial charge in [0, 0.05) is 18.1 Å². The largest absolute Gasteiger partial charge is 0.317 e. The zero-order valence-corrected chi connectivity index (χ0v) is 14.3. The molecule has 0 aromatic heterocycles. The maximum absolute atomic E-state index is 12.8. The molecule has 1 N–H and O–H groups in total. The highest BCUT2D eigenvalue weighted by atomic mass is 35.5. The van der Waals surface area contributed by atoms with Gasteiger partial charge in [0.2, 0.25) is 10.0 Å². The van der Waals surface area contributed by atoms with Crippen molar-refractivity contribution < 1.29 is 8.42 Å². The number of rotatable bonds is 5. The molecular formula is C14H20Cl2N2O2S. The van der Waals surface area contributed by atoms with Crippen LogP contribution in [0.25, 0.3) is 0 Å². The van der Waals surface area contributed by atoms with E-state index in [-0.39, 0.29) is 9.92 Å². The quantitative estimate of drug-likeness (QED) is 0.887. The van der Waals surface area contributed by atoms with Crippen molar-refractivity contribution >= 4 is 33.2 Å². The lowest BCUT2D eigenvalue weighted by Crippen LogP contribution is -2.39. The van der Waals surface area contributed by atoms with Gasteiger partial charge in [-0.15, -0.1) is 0 Å². The second-order valence-electron chi connectivity index (χ2n) is 5.22. The summed E-state index contributed by atoms with van der Waals surface area (Å²) in [5, 5.41) is 3.87. The van der Waals surface area contributed by atoms with E-state index >= 15 is 0 Å². The van der Waals surface area contributed by atoms with Crippen molar-refractivity contribution in [2.24, 2.45) is 5.92 Å². The molecule has 0 amide bonds. The van der Waals surface area contributed by atoms with Gasteiger partial charge in [0.05, 0.1) is 5.02 Å². The van der Waals surface area contributed by atoms with Crippen LogP contribution in [0.15, 0.2) is 23.1 Å². The first-order valence-corrected chi connectivity index (χ1v) is 9.30. The van der Waals surface area contributed by atoms with Gasteiger partial charge in [0.25, 0.3) is 0 Å². The Morgan fingerprint density at radius 1 is 1.29 bits per heavy atom. The van der Waals surface area contributed by atoms with Crippen LogP contribution < -0.4 is 5.32 Å². The lowest BCUT2D eigenvalue weighted by atomic mass is 9.98. The highest BCUT2D eigenvalue weighted by molar-refractivity contribution is 7.89. The number of hydrogen-bond acceptors (Lipinski definition) is 3. The topological polar surface area (TPSA) is 49.4 Å². The Hall–Kier alpha value is -0.330. The van der Waals surface area contributed by atoms with E-state index in [1.807, 2.05) is 6.92 Å². The summed E-state index contributed by atoms with van der Waals surface area (Å²) >= 11 is 12.0. The third kappa shape index (κ3) is 4.11. The molecule has 0 spiro atoms. The monoisotopic (exact) mass is 350 g/mol. The predicted molar refractivity (Wildman–Crippen MR) is 86.5 cm³/mol. The second kappa shape index (κ2) is 7.29. The molecule has 118 valence electrons. The molecule has 7 heteroatoms. The van der Waals surface area contributed by atoms with Gasteiger partial charge >= 0.3 is 0 Å². The van der Waals surface area contributed by atoms with E-state index in [2.05, 4.69) is 5.32 Å². The van der Waals surface area contributed by atoms with E-state index in [4.69, 9.17) is 23.2 Å². The van der Waals surface area contributed by atoms with Crippen LogP contribution >= 0.6 is 23.2 Å². The van der Waals surface area contributed by atoms with Gasteiger partial charge in [-0.2, -0.15) is 4.31 Å². The van der Waals surface area contributed by atoms with Gasteiger partial charge in [0.1, 0.15) is 4.90 Å². The summed E-state index contributed by atoms with van der Waals surface area (Å²) in [6.07, 6.45) is 1.99. The summed E-state index contributed by atoms with van der Waals surface area (Å²) in [6, 6.07) is 4.53. The smallest absolute Gasteiger partial charge is 0.244 e. The van der Waals surface area contributed by atoms with Crippen LogP contribution in [0, 0.1) is 5.92 Å². The molecule has 21 heavy (non-hydrogen) atoms. The SMILES string of the molecule is CCN(CC1CCNCC1)S(=O)(=O)c1cc(Cl)ccc1Cl. The summed E-state index contributed by atoms with van der Waals surface area (Å²) in [5.41, 5.74) is 0. The maximum atomic E-state index is 12.8. The van der Waals surface area contributed by atoms with Gasteiger partial charge in [-0.1, -0.05) is 30.1 Å². The molecule has 0 saturated carbocycles. The molecule has 1 aliphatic rings. The maximum Gasteiger partial charge on any atom is 0.244 e. The Kier molecular flexibility index (Phi) is 5.91. The minimum atomic E-state index is -3.61. The number of nitrogens with one attached hydrogen (secondary N) is 1. The van der Waals surface area contributed by atoms with E-state index in [1.165, 1.54) is 16.4 Å². The second-order valence-corrected chi connectivity index (χ2v) is 7.97. The minimum Gasteiger partial charge on any atom is -0.317 e. The van der Waals surface area contributed by atoms with Gasteiger partial charge in [-0.3, -0.25) is 0 Å². The van der Waals surface area contributed by atoms with E-state index in [9.17, 15) is 8.42 Å². The lowest BCUT2D eigenvalue weighted by Gasteiger charge is -2.29. The first kappa shape index (κ1) is 17.0. The Balaban J connectivity index is 2.24. The van der Waals surface area contributed by atoms with Crippen molar-refractivity contribution in [3.8, 4) is 0 Å². The Morgan fingerprint density at radius 2 is 1.95 bits per heavy atom. The van der Waals surface area contributed by atoms with Crippen LogP contribution in [0.2, 0.25) is 10.0 Å². The minimum absolute atomic E-state index is 0.0902. The molecule has 1 heterocycles. The zero-order valence-electron chi connectivity index (χ0n) is 12.0. The number of nitrogens with zero attached hydrogens (tertiary/aromatic N) is 1. The molecule has 0 atom stereocenters. The molecule has 1 aromatic carbocycles. The van der Waals surface area contributed by atoms with Crippen LogP contribution in [0.1, 0.15) is 19.8 Å². The molecule has 0 aliphatic carbocycles. The standard InChI is InChI=1S/C14H20Cl2N2O2S/c1-2-18(10-11-5-7-17-8-6-11)21(19,20)14-9-12(15)3-4-13(14)16/h3-4,9,11,17H,2,5-8,10H2,1H3. The molecule has 0 bridgehead atoms. The van der Waals surface area contributed by atoms with Gasteiger partial charge in [-0.25, -0.2) is 8.42 Å². The van der Waals surface area contributed by atoms with E-state index < -0.39 is 10.0 Å². The van der Waals surface area contributed by atoms with Crippen LogP contribution in [0.3, 0.4) is 0 Å². The number of sulfonamides is 1. The normalized spacial score (nSPS) is 17.3. The van der Waals surface area contributed by atoms with Crippen molar-refractivity contribution in [3.05, 3.63) is 28.2 Å². The van der Waals surface area contributed by atoms with Crippen molar-refractivity contribution in [3.63, 3.8) is 0 Å². The summed E-state index contributed by atoms with van der Waals surface area (Å²) in [7, 11) is -3.61. The molecule has 4 nitrogen and oxygen atoms in total. The van der Waals surface area contributed by atoms with Gasteiger partial charge in [-0.05, 0) is 50.0 Å². The first-order valence-electron chi connectivity index (χ1n) is 7.11. The number of benzene rings is 1. The van der Waals surface area contributed by atoms with E-state index in [0.29, 0.717) is 24.0 Å². The Bertz CT molecular complexity index is 587. The van der Waals surface area contributed by atoms with Gasteiger partial charge < -0.3 is 5.32 Å². The van der Waals surface area contributed by atoms with Crippen molar-refractivity contribution in [2.45, 2.75) is 24.7 Å². The van der Waals surface area contributed by atoms with Crippen molar-refractivity contribution in [1.82, 2.24) is 9.62 Å². The van der Waals surface area contributed by atoms with Crippen LogP contribution in [0.5, 0.6) is 0 Å². The fraction of sp³-hybridized carbons (Fsp3) is 0.571. The highest BCUT2D eigenvalue weighted by Gasteiger charge is 2.28. The summed E-state index contributed by atoms with van der Waals surface area (Å²) in [4.78, 5) is 0.0902. The third-order valence-corrected chi connectivity index (χ3v) is 6.44. The highest BCUT2D eigenvalue weighted by Crippen LogP contribution is 2.28. The molecule has 0 radical (unpaired) electrons. The summed E-state index contributed by atoms with van der Waals surface area (Å²) in [6.45, 7) is 4.69. The van der Waals surface area contributed by atoms with Gasteiger partial charge in [0.15, 0.2) is 0 Å². The molecule has 1 fully saturated rings. The fourth-order valence-electron chi connectivity index (χ4n) is 2.56. The van der Waals surface area contributed by atoms with Crippen molar-refractivity contribution in [1.29, 1.82) is 0 Å². The van der Waals surface area contributed by atoms with E-state index in [1.54, 1.807) is 6.07 Å². The van der Waals surface area contributed by atoms with Crippen LogP contribution in [0.4, 0.5) is 0 Å². The fourth-order valence-corrected chi connectivity index (χ4v) is 4.83. The first-order chi connectivity index (χ1) is 9.95. The summed E-state index contributed by atoms with van der Waals surface area (Å²) in [5.74, 6) is 0.388.